The number of rotatable bonds is 13. The number of methoxy groups -OCH3 is 1. The van der Waals surface area contributed by atoms with Gasteiger partial charge in [-0.3, -0.25) is 13.9 Å². The van der Waals surface area contributed by atoms with Crippen LogP contribution in [0.5, 0.6) is 5.75 Å². The summed E-state index contributed by atoms with van der Waals surface area (Å²) in [5.74, 6) is -0.551. The Hall–Kier alpha value is -4.34. The monoisotopic (exact) mass is 687 g/mol. The van der Waals surface area contributed by atoms with Crippen molar-refractivity contribution in [3.05, 3.63) is 124 Å². The topological polar surface area (TPSA) is 96.0 Å². The molecule has 5 rings (SSSR count). The van der Waals surface area contributed by atoms with Crippen LogP contribution in [0.25, 0.3) is 0 Å². The average molecular weight is 688 g/mol. The highest BCUT2D eigenvalue weighted by molar-refractivity contribution is 7.92. The Labute approximate surface area is 288 Å². The van der Waals surface area contributed by atoms with Gasteiger partial charge in [0.05, 0.1) is 17.7 Å². The third-order valence-corrected chi connectivity index (χ3v) is 10.9. The third kappa shape index (κ3) is 8.38. The molecular formula is C38H42ClN3O5S. The number of aryl methyl sites for hydroxylation is 2. The van der Waals surface area contributed by atoms with Crippen LogP contribution in [0.1, 0.15) is 47.9 Å². The number of nitrogens with zero attached hydrogens (tertiary/aromatic N) is 2. The number of sulfonamides is 1. The fraction of sp³-hybridized carbons (Fsp3) is 0.316. The zero-order valence-electron chi connectivity index (χ0n) is 27.6. The Morgan fingerprint density at radius 1 is 0.896 bits per heavy atom. The lowest BCUT2D eigenvalue weighted by molar-refractivity contribution is -0.140. The van der Waals surface area contributed by atoms with Crippen molar-refractivity contribution in [3.63, 3.8) is 0 Å². The number of ether oxygens (including phenoxy) is 1. The Morgan fingerprint density at radius 3 is 2.21 bits per heavy atom. The van der Waals surface area contributed by atoms with Crippen molar-refractivity contribution < 1.29 is 22.7 Å². The van der Waals surface area contributed by atoms with Crippen LogP contribution in [0, 0.1) is 13.8 Å². The number of nitrogens with one attached hydrogen (secondary N) is 1. The number of benzene rings is 4. The first-order chi connectivity index (χ1) is 23.1. The van der Waals surface area contributed by atoms with Crippen molar-refractivity contribution in [1.29, 1.82) is 0 Å². The highest BCUT2D eigenvalue weighted by Crippen LogP contribution is 2.34. The van der Waals surface area contributed by atoms with Crippen molar-refractivity contribution in [2.75, 3.05) is 18.0 Å². The summed E-state index contributed by atoms with van der Waals surface area (Å²) in [7, 11) is -2.82. The summed E-state index contributed by atoms with van der Waals surface area (Å²) in [6.07, 6.45) is 4.03. The van der Waals surface area contributed by atoms with Crippen molar-refractivity contribution in [1.82, 2.24) is 10.2 Å². The van der Waals surface area contributed by atoms with Crippen LogP contribution in [-0.2, 0) is 32.6 Å². The molecule has 1 fully saturated rings. The smallest absolute Gasteiger partial charge is 0.264 e. The van der Waals surface area contributed by atoms with Gasteiger partial charge in [-0.2, -0.15) is 0 Å². The van der Waals surface area contributed by atoms with Crippen LogP contribution >= 0.6 is 11.6 Å². The van der Waals surface area contributed by atoms with E-state index in [1.165, 1.54) is 24.1 Å². The zero-order valence-corrected chi connectivity index (χ0v) is 29.1. The maximum absolute atomic E-state index is 14.8. The van der Waals surface area contributed by atoms with E-state index in [1.54, 1.807) is 36.4 Å². The molecule has 2 amide bonds. The minimum atomic E-state index is -4.27. The summed E-state index contributed by atoms with van der Waals surface area (Å²) in [6, 6.07) is 27.4. The quantitative estimate of drug-likeness (QED) is 0.166. The molecular weight excluding hydrogens is 646 g/mol. The van der Waals surface area contributed by atoms with E-state index < -0.39 is 28.5 Å². The number of hydrogen-bond donors (Lipinski definition) is 1. The Bertz CT molecular complexity index is 1830. The van der Waals surface area contributed by atoms with Gasteiger partial charge in [-0.25, -0.2) is 8.42 Å². The number of amides is 2. The van der Waals surface area contributed by atoms with Gasteiger partial charge >= 0.3 is 0 Å². The molecule has 4 aromatic carbocycles. The largest absolute Gasteiger partial charge is 0.495 e. The maximum Gasteiger partial charge on any atom is 0.264 e. The van der Waals surface area contributed by atoms with Gasteiger partial charge in [0.15, 0.2) is 0 Å². The molecule has 0 spiro atoms. The third-order valence-electron chi connectivity index (χ3n) is 8.76. The summed E-state index contributed by atoms with van der Waals surface area (Å²) in [5, 5.41) is 3.63. The number of carbonyl (C=O) groups is 2. The van der Waals surface area contributed by atoms with Gasteiger partial charge in [0.2, 0.25) is 11.8 Å². The van der Waals surface area contributed by atoms with E-state index in [-0.39, 0.29) is 35.5 Å². The molecule has 1 atom stereocenters. The van der Waals surface area contributed by atoms with Gasteiger partial charge in [-0.05, 0) is 73.7 Å². The number of halogens is 1. The number of hydrogen-bond acceptors (Lipinski definition) is 5. The van der Waals surface area contributed by atoms with Crippen LogP contribution < -0.4 is 14.4 Å². The molecule has 0 aliphatic heterocycles. The van der Waals surface area contributed by atoms with Crippen molar-refractivity contribution in [3.8, 4) is 5.75 Å². The molecule has 10 heteroatoms. The minimum absolute atomic E-state index is 0.00251. The Morgan fingerprint density at radius 2 is 1.54 bits per heavy atom. The first-order valence-corrected chi connectivity index (χ1v) is 18.0. The lowest BCUT2D eigenvalue weighted by Crippen LogP contribution is -2.54. The van der Waals surface area contributed by atoms with E-state index in [1.807, 2.05) is 62.4 Å². The summed E-state index contributed by atoms with van der Waals surface area (Å²) in [5.41, 5.74) is 3.41. The van der Waals surface area contributed by atoms with Crippen LogP contribution in [-0.4, -0.2) is 50.9 Å². The van der Waals surface area contributed by atoms with Gasteiger partial charge in [0.25, 0.3) is 10.0 Å². The van der Waals surface area contributed by atoms with Crippen molar-refractivity contribution in [2.45, 2.75) is 69.5 Å². The van der Waals surface area contributed by atoms with Gasteiger partial charge in [-0.15, -0.1) is 0 Å². The maximum atomic E-state index is 14.8. The van der Waals surface area contributed by atoms with Crippen molar-refractivity contribution in [2.24, 2.45) is 0 Å². The molecule has 0 saturated heterocycles. The van der Waals surface area contributed by atoms with Gasteiger partial charge in [-0.1, -0.05) is 96.7 Å². The second-order valence-corrected chi connectivity index (χ2v) is 14.6. The molecule has 4 aromatic rings. The highest BCUT2D eigenvalue weighted by atomic mass is 35.5. The first-order valence-electron chi connectivity index (χ1n) is 16.2. The molecule has 0 bridgehead atoms. The molecule has 0 radical (unpaired) electrons. The normalized spacial score (nSPS) is 13.9. The van der Waals surface area contributed by atoms with Gasteiger partial charge in [0, 0.05) is 24.0 Å². The summed E-state index contributed by atoms with van der Waals surface area (Å²) < 4.78 is 35.5. The van der Waals surface area contributed by atoms with E-state index >= 15 is 0 Å². The van der Waals surface area contributed by atoms with Gasteiger partial charge < -0.3 is 15.0 Å². The summed E-state index contributed by atoms with van der Waals surface area (Å²) >= 11 is 6.62. The molecule has 8 nitrogen and oxygen atoms in total. The van der Waals surface area contributed by atoms with Crippen LogP contribution in [0.2, 0.25) is 5.02 Å². The summed E-state index contributed by atoms with van der Waals surface area (Å²) in [4.78, 5) is 30.5. The van der Waals surface area contributed by atoms with Gasteiger partial charge in [0.1, 0.15) is 18.3 Å². The molecule has 1 aliphatic rings. The van der Waals surface area contributed by atoms with E-state index in [0.29, 0.717) is 16.3 Å². The Kier molecular flexibility index (Phi) is 11.4. The van der Waals surface area contributed by atoms with E-state index in [9.17, 15) is 18.0 Å². The van der Waals surface area contributed by atoms with E-state index in [4.69, 9.17) is 16.3 Å². The van der Waals surface area contributed by atoms with Crippen LogP contribution in [0.4, 0.5) is 5.69 Å². The molecule has 1 saturated carbocycles. The van der Waals surface area contributed by atoms with Crippen molar-refractivity contribution >= 4 is 39.1 Å². The molecule has 1 aliphatic carbocycles. The molecule has 0 heterocycles. The zero-order chi connectivity index (χ0) is 34.3. The predicted octanol–water partition coefficient (Wildman–Crippen LogP) is 6.86. The molecule has 0 aromatic heterocycles. The minimum Gasteiger partial charge on any atom is -0.495 e. The SMILES string of the molecule is COc1ccc(C)cc1N(CC(=O)N(Cc1ccccc1Cl)[C@@H](Cc1ccccc1)C(=O)NC1CCCC1)S(=O)(=O)c1ccc(C)cc1. The molecule has 252 valence electrons. The lowest BCUT2D eigenvalue weighted by atomic mass is 10.0. The molecule has 0 unspecified atom stereocenters. The number of anilines is 1. The first kappa shape index (κ1) is 35.0. The Balaban J connectivity index is 1.61. The summed E-state index contributed by atoms with van der Waals surface area (Å²) in [6.45, 7) is 3.13. The van der Waals surface area contributed by atoms with Crippen LogP contribution in [0.15, 0.2) is 102 Å². The molecule has 48 heavy (non-hydrogen) atoms. The van der Waals surface area contributed by atoms with E-state index in [2.05, 4.69) is 5.32 Å². The predicted molar refractivity (Wildman–Crippen MR) is 190 cm³/mol. The fourth-order valence-corrected chi connectivity index (χ4v) is 7.69. The lowest BCUT2D eigenvalue weighted by Gasteiger charge is -2.34. The van der Waals surface area contributed by atoms with Crippen LogP contribution in [0.3, 0.4) is 0 Å². The fourth-order valence-electron chi connectivity index (χ4n) is 6.08. The highest BCUT2D eigenvalue weighted by Gasteiger charge is 2.36. The average Bonchev–Trinajstić information content (AvgIpc) is 3.59. The standard InChI is InChI=1S/C38H42ClN3O5S/c1-27-17-20-32(21-18-27)48(45,46)42(34-23-28(2)19-22-36(34)47-3)26-37(43)41(25-30-13-7-10-16-33(30)39)35(24-29-11-5-4-6-12-29)38(44)40-31-14-8-9-15-31/h4-7,10-13,16-23,31,35H,8-9,14-15,24-26H2,1-3H3,(H,40,44)/t35-/m0/s1. The van der Waals surface area contributed by atoms with E-state index in [0.717, 1.165) is 46.7 Å². The second-order valence-electron chi connectivity index (χ2n) is 12.3. The molecule has 1 N–H and O–H groups in total. The number of carbonyl (C=O) groups excluding carboxylic acids is 2. The second kappa shape index (κ2) is 15.7.